The third-order valence-electron chi connectivity index (χ3n) is 1.61. The van der Waals surface area contributed by atoms with E-state index in [1.54, 1.807) is 25.1 Å². The Morgan fingerprint density at radius 3 is 2.50 bits per heavy atom. The first-order valence-electron chi connectivity index (χ1n) is 4.47. The number of hydrogen-bond acceptors (Lipinski definition) is 3. The second kappa shape index (κ2) is 6.20. The van der Waals surface area contributed by atoms with Gasteiger partial charge in [-0.05, 0) is 50.9 Å². The quantitative estimate of drug-likeness (QED) is 0.776. The van der Waals surface area contributed by atoms with Gasteiger partial charge in [-0.25, -0.2) is 4.79 Å². The van der Waals surface area contributed by atoms with Gasteiger partial charge in [-0.3, -0.25) is 0 Å². The molecular weight excluding hydrogens is 347 g/mol. The van der Waals surface area contributed by atoms with Gasteiger partial charge in [0, 0.05) is 0 Å². The standard InChI is InChI=1S/C10H9Br2FO3/c1-2-15-10(14)9(13)16-8-6(11)4-3-5-7(8)12/h3-5,9H,2H2,1H3. The molecule has 1 rings (SSSR count). The normalized spacial score (nSPS) is 12.0. The molecule has 0 radical (unpaired) electrons. The van der Waals surface area contributed by atoms with Crippen LogP contribution < -0.4 is 4.74 Å². The summed E-state index contributed by atoms with van der Waals surface area (Å²) in [6.07, 6.45) is -2.13. The molecule has 0 aliphatic heterocycles. The minimum Gasteiger partial charge on any atom is -0.461 e. The molecule has 0 saturated carbocycles. The van der Waals surface area contributed by atoms with Crippen LogP contribution in [0.2, 0.25) is 0 Å². The molecule has 0 N–H and O–H groups in total. The summed E-state index contributed by atoms with van der Waals surface area (Å²) in [5, 5.41) is 0. The molecule has 0 heterocycles. The summed E-state index contributed by atoms with van der Waals surface area (Å²) >= 11 is 6.38. The average Bonchev–Trinajstić information content (AvgIpc) is 2.23. The first kappa shape index (κ1) is 13.4. The molecule has 0 amide bonds. The predicted molar refractivity (Wildman–Crippen MR) is 64.0 cm³/mol. The van der Waals surface area contributed by atoms with Crippen molar-refractivity contribution in [3.05, 3.63) is 27.1 Å². The molecule has 16 heavy (non-hydrogen) atoms. The van der Waals surface area contributed by atoms with Crippen LogP contribution in [0.15, 0.2) is 27.1 Å². The van der Waals surface area contributed by atoms with Crippen molar-refractivity contribution in [2.24, 2.45) is 0 Å². The minimum atomic E-state index is -2.13. The van der Waals surface area contributed by atoms with E-state index in [0.717, 1.165) is 0 Å². The highest BCUT2D eigenvalue weighted by Gasteiger charge is 2.22. The molecule has 0 saturated heterocycles. The van der Waals surface area contributed by atoms with Crippen molar-refractivity contribution in [1.29, 1.82) is 0 Å². The molecule has 88 valence electrons. The molecule has 0 aromatic heterocycles. The number of esters is 1. The van der Waals surface area contributed by atoms with E-state index in [4.69, 9.17) is 4.74 Å². The van der Waals surface area contributed by atoms with Crippen LogP contribution in [-0.2, 0) is 9.53 Å². The molecule has 6 heteroatoms. The molecule has 1 aromatic carbocycles. The molecule has 0 spiro atoms. The van der Waals surface area contributed by atoms with Gasteiger partial charge in [0.2, 0.25) is 0 Å². The summed E-state index contributed by atoms with van der Waals surface area (Å²) in [6, 6.07) is 5.11. The van der Waals surface area contributed by atoms with Crippen molar-refractivity contribution >= 4 is 37.8 Å². The lowest BCUT2D eigenvalue weighted by molar-refractivity contribution is -0.159. The number of halogens is 3. The Hall–Kier alpha value is -0.620. The lowest BCUT2D eigenvalue weighted by Gasteiger charge is -2.12. The number of hydrogen-bond donors (Lipinski definition) is 0. The second-order valence-electron chi connectivity index (χ2n) is 2.74. The van der Waals surface area contributed by atoms with E-state index in [0.29, 0.717) is 8.95 Å². The summed E-state index contributed by atoms with van der Waals surface area (Å²) in [5.74, 6) is -0.812. The zero-order valence-electron chi connectivity index (χ0n) is 8.38. The van der Waals surface area contributed by atoms with Crippen molar-refractivity contribution in [3.63, 3.8) is 0 Å². The second-order valence-corrected chi connectivity index (χ2v) is 4.45. The summed E-state index contributed by atoms with van der Waals surface area (Å²) in [7, 11) is 0. The van der Waals surface area contributed by atoms with E-state index in [9.17, 15) is 9.18 Å². The molecule has 1 atom stereocenters. The van der Waals surface area contributed by atoms with Crippen molar-refractivity contribution < 1.29 is 18.7 Å². The Morgan fingerprint density at radius 1 is 1.44 bits per heavy atom. The van der Waals surface area contributed by atoms with Gasteiger partial charge in [0.05, 0.1) is 15.6 Å². The van der Waals surface area contributed by atoms with Gasteiger partial charge in [-0.2, -0.15) is 4.39 Å². The molecule has 0 fully saturated rings. The summed E-state index contributed by atoms with van der Waals surface area (Å²) in [5.41, 5.74) is 0. The van der Waals surface area contributed by atoms with Gasteiger partial charge in [-0.1, -0.05) is 6.07 Å². The number of para-hydroxylation sites is 1. The minimum absolute atomic E-state index is 0.111. The number of carbonyl (C=O) groups is 1. The Labute approximate surface area is 109 Å². The van der Waals surface area contributed by atoms with Crippen LogP contribution in [0, 0.1) is 0 Å². The number of benzene rings is 1. The molecular formula is C10H9Br2FO3. The maximum absolute atomic E-state index is 13.3. The third kappa shape index (κ3) is 3.45. The number of rotatable bonds is 4. The fourth-order valence-corrected chi connectivity index (χ4v) is 2.14. The van der Waals surface area contributed by atoms with E-state index in [-0.39, 0.29) is 12.4 Å². The molecule has 3 nitrogen and oxygen atoms in total. The first-order valence-corrected chi connectivity index (χ1v) is 6.06. The van der Waals surface area contributed by atoms with Gasteiger partial charge in [0.15, 0.2) is 5.75 Å². The van der Waals surface area contributed by atoms with E-state index in [1.807, 2.05) is 0 Å². The lowest BCUT2D eigenvalue weighted by atomic mass is 10.3. The van der Waals surface area contributed by atoms with Gasteiger partial charge < -0.3 is 9.47 Å². The zero-order chi connectivity index (χ0) is 12.1. The topological polar surface area (TPSA) is 35.5 Å². The van der Waals surface area contributed by atoms with Gasteiger partial charge in [0.25, 0.3) is 0 Å². The van der Waals surface area contributed by atoms with E-state index < -0.39 is 12.3 Å². The van der Waals surface area contributed by atoms with Gasteiger partial charge in [0.1, 0.15) is 0 Å². The van der Waals surface area contributed by atoms with E-state index in [1.165, 1.54) is 0 Å². The van der Waals surface area contributed by atoms with Gasteiger partial charge >= 0.3 is 12.3 Å². The number of alkyl halides is 1. The Bertz CT molecular complexity index is 364. The number of carbonyl (C=O) groups excluding carboxylic acids is 1. The fraction of sp³-hybridized carbons (Fsp3) is 0.300. The largest absolute Gasteiger partial charge is 0.461 e. The highest BCUT2D eigenvalue weighted by Crippen LogP contribution is 2.33. The smallest absolute Gasteiger partial charge is 0.381 e. The van der Waals surface area contributed by atoms with E-state index >= 15 is 0 Å². The molecule has 0 aliphatic rings. The van der Waals surface area contributed by atoms with Crippen molar-refractivity contribution in [2.45, 2.75) is 13.3 Å². The molecule has 0 aliphatic carbocycles. The van der Waals surface area contributed by atoms with Crippen molar-refractivity contribution in [3.8, 4) is 5.75 Å². The van der Waals surface area contributed by atoms with Crippen molar-refractivity contribution in [2.75, 3.05) is 6.61 Å². The van der Waals surface area contributed by atoms with Crippen LogP contribution in [0.25, 0.3) is 0 Å². The van der Waals surface area contributed by atoms with Crippen LogP contribution in [0.3, 0.4) is 0 Å². The van der Waals surface area contributed by atoms with Crippen LogP contribution in [-0.4, -0.2) is 18.9 Å². The Morgan fingerprint density at radius 2 is 2.00 bits per heavy atom. The summed E-state index contributed by atoms with van der Waals surface area (Å²) < 4.78 is 23.7. The predicted octanol–water partition coefficient (Wildman–Crippen LogP) is 3.45. The maximum atomic E-state index is 13.3. The maximum Gasteiger partial charge on any atom is 0.381 e. The third-order valence-corrected chi connectivity index (χ3v) is 2.86. The van der Waals surface area contributed by atoms with E-state index in [2.05, 4.69) is 36.6 Å². The molecule has 0 bridgehead atoms. The van der Waals surface area contributed by atoms with Crippen molar-refractivity contribution in [1.82, 2.24) is 0 Å². The molecule has 1 aromatic rings. The highest BCUT2D eigenvalue weighted by atomic mass is 79.9. The monoisotopic (exact) mass is 354 g/mol. The zero-order valence-corrected chi connectivity index (χ0v) is 11.5. The van der Waals surface area contributed by atoms with Crippen LogP contribution >= 0.6 is 31.9 Å². The lowest BCUT2D eigenvalue weighted by Crippen LogP contribution is -2.25. The first-order chi connectivity index (χ1) is 7.56. The van der Waals surface area contributed by atoms with Crippen LogP contribution in [0.4, 0.5) is 4.39 Å². The van der Waals surface area contributed by atoms with Crippen LogP contribution in [0.1, 0.15) is 6.92 Å². The number of ether oxygens (including phenoxy) is 2. The van der Waals surface area contributed by atoms with Gasteiger partial charge in [-0.15, -0.1) is 0 Å². The fourth-order valence-electron chi connectivity index (χ4n) is 0.954. The van der Waals surface area contributed by atoms with Crippen LogP contribution in [0.5, 0.6) is 5.75 Å². The summed E-state index contributed by atoms with van der Waals surface area (Å²) in [4.78, 5) is 11.0. The molecule has 1 unspecified atom stereocenters. The summed E-state index contributed by atoms with van der Waals surface area (Å²) in [6.45, 7) is 1.71. The Kier molecular flexibility index (Phi) is 5.21. The Balaban J connectivity index is 2.76. The SMILES string of the molecule is CCOC(=O)C(F)Oc1c(Br)cccc1Br. The highest BCUT2D eigenvalue weighted by molar-refractivity contribution is 9.11. The average molecular weight is 356 g/mol.